The van der Waals surface area contributed by atoms with Gasteiger partial charge in [-0.25, -0.2) is 0 Å². The van der Waals surface area contributed by atoms with E-state index in [2.05, 4.69) is 58.9 Å². The minimum atomic E-state index is -1.20. The van der Waals surface area contributed by atoms with Gasteiger partial charge in [-0.15, -0.1) is 11.2 Å². The third-order valence-corrected chi connectivity index (χ3v) is 34.2. The largest absolute Gasteiger partial charge is 0.100 e. The molecule has 0 radical (unpaired) electrons. The third kappa shape index (κ3) is 2.79. The second-order valence-corrected chi connectivity index (χ2v) is 27.9. The highest BCUT2D eigenvalue weighted by molar-refractivity contribution is 7.78. The highest BCUT2D eigenvalue weighted by atomic mass is 35.7. The molecule has 15 heavy (non-hydrogen) atoms. The van der Waals surface area contributed by atoms with Gasteiger partial charge in [0.25, 0.3) is 0 Å². The second-order valence-electron chi connectivity index (χ2n) is 7.59. The van der Waals surface area contributed by atoms with Gasteiger partial charge >= 0.3 is 0 Å². The van der Waals surface area contributed by atoms with Crippen molar-refractivity contribution in [3.63, 3.8) is 0 Å². The van der Waals surface area contributed by atoms with Crippen molar-refractivity contribution in [3.8, 4) is 0 Å². The van der Waals surface area contributed by atoms with Gasteiger partial charge in [0.05, 0.1) is 24.2 Å². The zero-order valence-electron chi connectivity index (χ0n) is 11.9. The molecule has 92 valence electrons. The first kappa shape index (κ1) is 16.4. The summed E-state index contributed by atoms with van der Waals surface area (Å²) >= 11 is 6.51. The predicted molar refractivity (Wildman–Crippen MR) is 86.9 cm³/mol. The van der Waals surface area contributed by atoms with Crippen molar-refractivity contribution in [2.24, 2.45) is 0 Å². The van der Waals surface area contributed by atoms with Crippen LogP contribution in [0.1, 0.15) is 0 Å². The van der Waals surface area contributed by atoms with Crippen LogP contribution in [0.4, 0.5) is 0 Å². The molecule has 1 atom stereocenters. The van der Waals surface area contributed by atoms with Gasteiger partial charge in [0.15, 0.2) is 0 Å². The quantitative estimate of drug-likeness (QED) is 0.495. The molecule has 1 unspecified atom stereocenters. The van der Waals surface area contributed by atoms with Crippen molar-refractivity contribution >= 4 is 43.4 Å². The monoisotopic (exact) mass is 298 g/mol. The van der Waals surface area contributed by atoms with Crippen molar-refractivity contribution in [1.82, 2.24) is 0 Å². The molecule has 0 aromatic rings. The summed E-state index contributed by atoms with van der Waals surface area (Å²) in [6.07, 6.45) is 0. The summed E-state index contributed by atoms with van der Waals surface area (Å²) in [7, 11) is -2.98. The van der Waals surface area contributed by atoms with E-state index in [9.17, 15) is 0 Å². The Balaban J connectivity index is 5.78. The average Bonchev–Trinajstić information content (AvgIpc) is 1.76. The van der Waals surface area contributed by atoms with Gasteiger partial charge in [0.1, 0.15) is 0 Å². The smallest absolute Gasteiger partial charge is 0.0509 e. The predicted octanol–water partition coefficient (Wildman–Crippen LogP) is 5.19. The first-order chi connectivity index (χ1) is 6.31. The minimum absolute atomic E-state index is 0.564. The lowest BCUT2D eigenvalue weighted by Gasteiger charge is -2.57. The molecule has 0 aliphatic carbocycles. The second kappa shape index (κ2) is 4.56. The van der Waals surface area contributed by atoms with Crippen molar-refractivity contribution in [1.29, 1.82) is 0 Å². The van der Waals surface area contributed by atoms with Crippen LogP contribution in [0.25, 0.3) is 0 Å². The number of hydrogen-bond acceptors (Lipinski definition) is 0. The summed E-state index contributed by atoms with van der Waals surface area (Å²) in [6, 6.07) is 0. The molecule has 0 bridgehead atoms. The van der Waals surface area contributed by atoms with E-state index in [4.69, 9.17) is 11.2 Å². The molecule has 0 aromatic heterocycles. The van der Waals surface area contributed by atoms with Crippen LogP contribution in [0.5, 0.6) is 0 Å². The Hall–Kier alpha value is 1.37. The Morgan fingerprint density at radius 3 is 0.867 bits per heavy atom. The Morgan fingerprint density at radius 1 is 0.667 bits per heavy atom. The summed E-state index contributed by atoms with van der Waals surface area (Å²) in [5.41, 5.74) is 0. The van der Waals surface area contributed by atoms with Crippen LogP contribution in [0.3, 0.4) is 0 Å². The molecule has 0 amide bonds. The van der Waals surface area contributed by atoms with Gasteiger partial charge < -0.3 is 0 Å². The third-order valence-electron chi connectivity index (χ3n) is 3.52. The van der Waals surface area contributed by atoms with Crippen LogP contribution in [0.2, 0.25) is 58.9 Å². The molecule has 0 nitrogen and oxygen atoms in total. The molecule has 0 fully saturated rings. The van der Waals surface area contributed by atoms with Gasteiger partial charge in [-0.1, -0.05) is 58.9 Å². The lowest BCUT2D eigenvalue weighted by Crippen LogP contribution is -2.74. The van der Waals surface area contributed by atoms with E-state index < -0.39 is 24.2 Å². The van der Waals surface area contributed by atoms with E-state index in [1.165, 1.54) is 0 Å². The van der Waals surface area contributed by atoms with Gasteiger partial charge in [-0.3, -0.25) is 0 Å². The molecule has 0 aliphatic rings. The molecule has 0 spiro atoms. The highest BCUT2D eigenvalue weighted by Gasteiger charge is 2.59. The zero-order valence-corrected chi connectivity index (χ0v) is 16.6. The van der Waals surface area contributed by atoms with Gasteiger partial charge in [0.2, 0.25) is 0 Å². The summed E-state index contributed by atoms with van der Waals surface area (Å²) < 4.78 is 0.564. The molecule has 0 rings (SSSR count). The zero-order chi connectivity index (χ0) is 12.7. The lowest BCUT2D eigenvalue weighted by molar-refractivity contribution is 1.28. The van der Waals surface area contributed by atoms with E-state index in [1.807, 2.05) is 0 Å². The molecule has 0 N–H and O–H groups in total. The molecular formula is C10H28ClPSi3. The average molecular weight is 299 g/mol. The van der Waals surface area contributed by atoms with Crippen LogP contribution in [-0.2, 0) is 0 Å². The molecular weight excluding hydrogens is 271 g/mol. The molecule has 0 heterocycles. The fraction of sp³-hybridized carbons (Fsp3) is 1.00. The van der Waals surface area contributed by atoms with Crippen LogP contribution in [0, 0.1) is 0 Å². The molecule has 0 aliphatic heterocycles. The molecule has 0 saturated carbocycles. The minimum Gasteiger partial charge on any atom is -0.100 e. The fourth-order valence-corrected chi connectivity index (χ4v) is 41.9. The summed E-state index contributed by atoms with van der Waals surface area (Å²) in [4.78, 5) is 0. The van der Waals surface area contributed by atoms with E-state index >= 15 is 0 Å². The summed E-state index contributed by atoms with van der Waals surface area (Å²) in [6.45, 7) is 22.7. The van der Waals surface area contributed by atoms with Crippen LogP contribution in [-0.4, -0.2) is 28.2 Å². The lowest BCUT2D eigenvalue weighted by atomic mass is 11.6. The number of hydrogen-bond donors (Lipinski definition) is 0. The van der Waals surface area contributed by atoms with E-state index in [0.29, 0.717) is 12.0 Å². The van der Waals surface area contributed by atoms with Gasteiger partial charge in [-0.05, 0) is 12.0 Å². The van der Waals surface area contributed by atoms with Crippen molar-refractivity contribution in [3.05, 3.63) is 0 Å². The van der Waals surface area contributed by atoms with Gasteiger partial charge in [-0.2, -0.15) is 0 Å². The first-order valence-electron chi connectivity index (χ1n) is 5.69. The standard InChI is InChI=1S/C10H28ClPSi3/c1-13(2,3)10(12-11,14(4,5)6)15(7,8)9/h12H,1-9H3. The first-order valence-corrected chi connectivity index (χ1v) is 18.2. The Labute approximate surface area is 106 Å². The molecule has 0 saturated heterocycles. The van der Waals surface area contributed by atoms with Crippen LogP contribution >= 0.6 is 19.2 Å². The van der Waals surface area contributed by atoms with Crippen molar-refractivity contribution < 1.29 is 0 Å². The SMILES string of the molecule is C[Si](C)(C)C(PCl)([Si](C)(C)C)[Si](C)(C)C. The van der Waals surface area contributed by atoms with E-state index in [0.717, 1.165) is 0 Å². The van der Waals surface area contributed by atoms with Crippen molar-refractivity contribution in [2.75, 3.05) is 0 Å². The molecule has 5 heteroatoms. The number of rotatable bonds is 4. The summed E-state index contributed by atoms with van der Waals surface area (Å²) in [5, 5.41) is 0. The maximum atomic E-state index is 6.51. The fourth-order valence-electron chi connectivity index (χ4n) is 3.80. The summed E-state index contributed by atoms with van der Waals surface area (Å²) in [5.74, 6) is 0. The Kier molecular flexibility index (Phi) is 4.98. The Morgan fingerprint density at radius 2 is 0.867 bits per heavy atom. The van der Waals surface area contributed by atoms with Gasteiger partial charge in [0, 0.05) is 0 Å². The maximum Gasteiger partial charge on any atom is 0.0509 e. The van der Waals surface area contributed by atoms with E-state index in [-0.39, 0.29) is 0 Å². The highest BCUT2D eigenvalue weighted by Crippen LogP contribution is 2.54. The normalized spacial score (nSPS) is 16.4. The van der Waals surface area contributed by atoms with E-state index in [1.54, 1.807) is 0 Å². The number of halogens is 1. The molecule has 0 aromatic carbocycles. The topological polar surface area (TPSA) is 0 Å². The van der Waals surface area contributed by atoms with Crippen LogP contribution < -0.4 is 0 Å². The van der Waals surface area contributed by atoms with Crippen molar-refractivity contribution in [2.45, 2.75) is 62.9 Å². The Bertz CT molecular complexity index is 186. The maximum absolute atomic E-state index is 6.51. The van der Waals surface area contributed by atoms with Crippen LogP contribution in [0.15, 0.2) is 0 Å².